The Morgan fingerprint density at radius 1 is 1.24 bits per heavy atom. The summed E-state index contributed by atoms with van der Waals surface area (Å²) in [5, 5.41) is 22.4. The van der Waals surface area contributed by atoms with Crippen LogP contribution in [-0.4, -0.2) is 30.2 Å². The van der Waals surface area contributed by atoms with Crippen LogP contribution in [0.5, 0.6) is 17.2 Å². The minimum absolute atomic E-state index is 0.114. The lowest BCUT2D eigenvalue weighted by Gasteiger charge is -2.60. The summed E-state index contributed by atoms with van der Waals surface area (Å²) in [7, 11) is 2.94. The van der Waals surface area contributed by atoms with Crippen molar-refractivity contribution in [2.24, 2.45) is 29.1 Å². The number of benzene rings is 1. The minimum atomic E-state index is -0.990. The second kappa shape index (κ2) is 7.67. The molecule has 0 heterocycles. The normalized spacial score (nSPS) is 26.1. The van der Waals surface area contributed by atoms with Gasteiger partial charge in [-0.15, -0.1) is 0 Å². The van der Waals surface area contributed by atoms with Gasteiger partial charge in [0.1, 0.15) is 22.8 Å². The van der Waals surface area contributed by atoms with E-state index in [0.717, 1.165) is 18.4 Å². The average molecular weight is 403 g/mol. The fourth-order valence-electron chi connectivity index (χ4n) is 5.29. The van der Waals surface area contributed by atoms with Crippen molar-refractivity contribution in [3.63, 3.8) is 0 Å². The van der Waals surface area contributed by atoms with Gasteiger partial charge in [0.25, 0.3) is 0 Å². The van der Waals surface area contributed by atoms with Gasteiger partial charge in [0, 0.05) is 18.4 Å². The summed E-state index contributed by atoms with van der Waals surface area (Å²) < 4.78 is 10.8. The second-order valence-electron chi connectivity index (χ2n) is 9.61. The van der Waals surface area contributed by atoms with Crippen LogP contribution in [0.1, 0.15) is 69.0 Å². The van der Waals surface area contributed by atoms with Crippen LogP contribution in [0, 0.1) is 29.1 Å². The molecular formula is C24H34O5. The summed E-state index contributed by atoms with van der Waals surface area (Å²) in [6.07, 6.45) is 1.21. The Hall–Kier alpha value is -2.01. The first-order valence-corrected chi connectivity index (χ1v) is 10.4. The van der Waals surface area contributed by atoms with E-state index in [9.17, 15) is 15.0 Å². The molecule has 1 aromatic rings. The van der Waals surface area contributed by atoms with Crippen molar-refractivity contribution in [3.8, 4) is 17.2 Å². The van der Waals surface area contributed by atoms with Crippen LogP contribution in [0.15, 0.2) is 18.2 Å². The molecule has 2 N–H and O–H groups in total. The largest absolute Gasteiger partial charge is 0.507 e. The fraction of sp³-hybridized carbons (Fsp3) is 0.625. The third-order valence-corrected chi connectivity index (χ3v) is 7.19. The number of hydrogen-bond donors (Lipinski definition) is 2. The second-order valence-corrected chi connectivity index (χ2v) is 9.61. The zero-order valence-electron chi connectivity index (χ0n) is 18.4. The van der Waals surface area contributed by atoms with Crippen LogP contribution in [0.4, 0.5) is 0 Å². The number of ketones is 1. The van der Waals surface area contributed by atoms with Crippen LogP contribution in [0.3, 0.4) is 0 Å². The Kier molecular flexibility index (Phi) is 5.74. The molecule has 4 rings (SSSR count). The van der Waals surface area contributed by atoms with Gasteiger partial charge in [0.05, 0.1) is 25.9 Å². The van der Waals surface area contributed by atoms with E-state index >= 15 is 0 Å². The van der Waals surface area contributed by atoms with E-state index in [-0.39, 0.29) is 52.1 Å². The Morgan fingerprint density at radius 3 is 2.34 bits per heavy atom. The van der Waals surface area contributed by atoms with Crippen molar-refractivity contribution in [1.82, 2.24) is 0 Å². The molecule has 0 saturated heterocycles. The first-order valence-electron chi connectivity index (χ1n) is 10.4. The molecule has 0 unspecified atom stereocenters. The number of aliphatic hydroxyl groups excluding tert-OH is 1. The van der Waals surface area contributed by atoms with Crippen LogP contribution < -0.4 is 9.47 Å². The summed E-state index contributed by atoms with van der Waals surface area (Å²) in [6, 6.07) is 1.59. The number of methoxy groups -OCH3 is 2. The molecule has 0 amide bonds. The highest BCUT2D eigenvalue weighted by Gasteiger charge is 2.56. The lowest BCUT2D eigenvalue weighted by atomic mass is 9.44. The molecule has 1 aromatic carbocycles. The van der Waals surface area contributed by atoms with Gasteiger partial charge in [0.15, 0.2) is 5.78 Å². The Balaban J connectivity index is 2.04. The molecule has 0 aromatic heterocycles. The number of aliphatic hydroxyl groups is 1. The number of carbonyl (C=O) groups is 1. The van der Waals surface area contributed by atoms with E-state index in [2.05, 4.69) is 20.4 Å². The van der Waals surface area contributed by atoms with Gasteiger partial charge >= 0.3 is 0 Å². The lowest BCUT2D eigenvalue weighted by molar-refractivity contribution is -0.0708. The molecule has 3 fully saturated rings. The van der Waals surface area contributed by atoms with Crippen LogP contribution >= 0.6 is 0 Å². The Bertz CT molecular complexity index is 823. The lowest BCUT2D eigenvalue weighted by Crippen LogP contribution is -2.52. The standard InChI is InChI=1S/C24H34O5/c1-12(2)8-17(25)20-18(28-6)11-19(29-7)21(23(20)27)22(26)15-9-14-10-16(13(15)3)24(14,4)5/h11-12,14-16,22,26-27H,3,8-10H2,1-2,4-7H3/t14-,15-,16-,22-/m0/s1. The summed E-state index contributed by atoms with van der Waals surface area (Å²) >= 11 is 0. The maximum Gasteiger partial charge on any atom is 0.170 e. The fourth-order valence-corrected chi connectivity index (χ4v) is 5.29. The predicted molar refractivity (Wildman–Crippen MR) is 113 cm³/mol. The summed E-state index contributed by atoms with van der Waals surface area (Å²) in [5.41, 5.74) is 1.60. The van der Waals surface area contributed by atoms with E-state index in [4.69, 9.17) is 9.47 Å². The van der Waals surface area contributed by atoms with E-state index in [1.165, 1.54) is 14.2 Å². The molecular weight excluding hydrogens is 368 g/mol. The quantitative estimate of drug-likeness (QED) is 0.501. The number of ether oxygens (including phenoxy) is 2. The molecule has 3 aliphatic carbocycles. The number of carbonyl (C=O) groups excluding carboxylic acids is 1. The number of hydrogen-bond acceptors (Lipinski definition) is 5. The SMILES string of the molecule is C=C1[C@@H]([C@H](O)c2c(OC)cc(OC)c(C(=O)CC(C)C)c2O)C[C@H]2C[C@@H]1C2(C)C. The number of phenols is 1. The van der Waals surface area contributed by atoms with Crippen molar-refractivity contribution in [2.45, 2.75) is 53.1 Å². The molecule has 0 spiro atoms. The van der Waals surface area contributed by atoms with Crippen LogP contribution in [0.25, 0.3) is 0 Å². The predicted octanol–water partition coefficient (Wildman–Crippen LogP) is 4.91. The minimum Gasteiger partial charge on any atom is -0.507 e. The number of rotatable bonds is 7. The molecule has 0 aliphatic heterocycles. The number of phenolic OH excluding ortho intramolecular Hbond substituents is 1. The zero-order chi connectivity index (χ0) is 21.7. The van der Waals surface area contributed by atoms with Gasteiger partial charge in [-0.2, -0.15) is 0 Å². The van der Waals surface area contributed by atoms with E-state index < -0.39 is 6.10 Å². The highest BCUT2D eigenvalue weighted by molar-refractivity contribution is 6.02. The third-order valence-electron chi connectivity index (χ3n) is 7.19. The molecule has 160 valence electrons. The van der Waals surface area contributed by atoms with E-state index in [1.807, 2.05) is 13.8 Å². The molecule has 2 bridgehead atoms. The van der Waals surface area contributed by atoms with Crippen LogP contribution in [0.2, 0.25) is 0 Å². The summed E-state index contributed by atoms with van der Waals surface area (Å²) in [4.78, 5) is 12.8. The van der Waals surface area contributed by atoms with Crippen LogP contribution in [-0.2, 0) is 0 Å². The maximum absolute atomic E-state index is 12.8. The van der Waals surface area contributed by atoms with Gasteiger partial charge in [-0.1, -0.05) is 39.8 Å². The zero-order valence-corrected chi connectivity index (χ0v) is 18.4. The third kappa shape index (κ3) is 3.43. The molecule has 5 heteroatoms. The first-order chi connectivity index (χ1) is 13.5. The van der Waals surface area contributed by atoms with E-state index in [1.54, 1.807) is 6.07 Å². The van der Waals surface area contributed by atoms with Gasteiger partial charge in [-0.05, 0) is 36.0 Å². The molecule has 4 atom stereocenters. The maximum atomic E-state index is 12.8. The molecule has 0 radical (unpaired) electrons. The van der Waals surface area contributed by atoms with Crippen molar-refractivity contribution >= 4 is 5.78 Å². The van der Waals surface area contributed by atoms with Gasteiger partial charge in [0.2, 0.25) is 0 Å². The van der Waals surface area contributed by atoms with Gasteiger partial charge < -0.3 is 19.7 Å². The highest BCUT2D eigenvalue weighted by Crippen LogP contribution is 2.64. The number of fused-ring (bicyclic) bond motifs is 2. The molecule has 29 heavy (non-hydrogen) atoms. The van der Waals surface area contributed by atoms with Gasteiger partial charge in [-0.25, -0.2) is 0 Å². The van der Waals surface area contributed by atoms with Crippen molar-refractivity contribution in [3.05, 3.63) is 29.3 Å². The molecule has 5 nitrogen and oxygen atoms in total. The smallest absolute Gasteiger partial charge is 0.170 e. The Morgan fingerprint density at radius 2 is 1.86 bits per heavy atom. The van der Waals surface area contributed by atoms with Crippen molar-refractivity contribution < 1.29 is 24.5 Å². The summed E-state index contributed by atoms with van der Waals surface area (Å²) in [5.74, 6) is 0.970. The van der Waals surface area contributed by atoms with Gasteiger partial charge in [-0.3, -0.25) is 4.79 Å². The number of aromatic hydroxyl groups is 1. The number of Topliss-reactive ketones (excluding diaryl/α,β-unsaturated/α-hetero) is 1. The van der Waals surface area contributed by atoms with Crippen molar-refractivity contribution in [2.75, 3.05) is 14.2 Å². The monoisotopic (exact) mass is 402 g/mol. The topological polar surface area (TPSA) is 76.0 Å². The molecule has 3 aliphatic rings. The van der Waals surface area contributed by atoms with E-state index in [0.29, 0.717) is 17.6 Å². The first kappa shape index (κ1) is 21.7. The highest BCUT2D eigenvalue weighted by atomic mass is 16.5. The van der Waals surface area contributed by atoms with Crippen molar-refractivity contribution in [1.29, 1.82) is 0 Å². The summed E-state index contributed by atoms with van der Waals surface area (Å²) in [6.45, 7) is 12.7. The molecule has 3 saturated carbocycles. The average Bonchev–Trinajstić information content (AvgIpc) is 2.65. The Labute approximate surface area is 173 Å².